The molecule has 0 saturated heterocycles. The first kappa shape index (κ1) is 10.3. The number of hydrogen-bond donors (Lipinski definition) is 0. The highest BCUT2D eigenvalue weighted by Crippen LogP contribution is 2.84. The van der Waals surface area contributed by atoms with Crippen LogP contribution in [0.2, 0.25) is 0 Å². The fourth-order valence-electron chi connectivity index (χ4n) is 4.90. The largest absolute Gasteiger partial charge is 0.469 e. The summed E-state index contributed by atoms with van der Waals surface area (Å²) in [6.07, 6.45) is 1.68. The van der Waals surface area contributed by atoms with Gasteiger partial charge < -0.3 is 4.74 Å². The van der Waals surface area contributed by atoms with Crippen LogP contribution < -0.4 is 0 Å². The topological polar surface area (TPSA) is 43.4 Å². The Morgan fingerprint density at radius 2 is 2.00 bits per heavy atom. The van der Waals surface area contributed by atoms with E-state index in [0.717, 1.165) is 6.42 Å². The SMILES string of the molecule is COC(=O)[C@]12C[C@@H]3C(=O)[C@H]1[C@@]2(C)CC3(C)C. The summed E-state index contributed by atoms with van der Waals surface area (Å²) in [5.74, 6) is 0.166. The number of rotatable bonds is 1. The Balaban J connectivity index is 2.08. The van der Waals surface area contributed by atoms with Crippen LogP contribution in [0.1, 0.15) is 33.6 Å². The molecule has 4 atom stereocenters. The molecule has 4 fully saturated rings. The lowest BCUT2D eigenvalue weighted by atomic mass is 9.59. The lowest BCUT2D eigenvalue weighted by Crippen LogP contribution is -2.43. The van der Waals surface area contributed by atoms with Crippen molar-refractivity contribution in [2.75, 3.05) is 7.11 Å². The molecular formula is C13H18O3. The van der Waals surface area contributed by atoms with Crippen LogP contribution in [0.15, 0.2) is 0 Å². The molecular weight excluding hydrogens is 204 g/mol. The average Bonchev–Trinajstić information content (AvgIpc) is 2.54. The van der Waals surface area contributed by atoms with E-state index >= 15 is 0 Å². The van der Waals surface area contributed by atoms with Gasteiger partial charge in [-0.3, -0.25) is 9.59 Å². The summed E-state index contributed by atoms with van der Waals surface area (Å²) >= 11 is 0. The highest BCUT2D eigenvalue weighted by atomic mass is 16.5. The highest BCUT2D eigenvalue weighted by molar-refractivity contribution is 6.03. The van der Waals surface area contributed by atoms with Gasteiger partial charge in [0.2, 0.25) is 0 Å². The third-order valence-corrected chi connectivity index (χ3v) is 5.54. The van der Waals surface area contributed by atoms with Gasteiger partial charge >= 0.3 is 5.97 Å². The second-order valence-electron chi connectivity index (χ2n) is 6.64. The maximum atomic E-state index is 12.2. The van der Waals surface area contributed by atoms with E-state index in [1.807, 2.05) is 0 Å². The molecule has 4 saturated carbocycles. The van der Waals surface area contributed by atoms with Crippen LogP contribution in [-0.4, -0.2) is 18.9 Å². The van der Waals surface area contributed by atoms with E-state index in [9.17, 15) is 9.59 Å². The van der Waals surface area contributed by atoms with E-state index in [1.165, 1.54) is 7.11 Å². The fraction of sp³-hybridized carbons (Fsp3) is 0.846. The monoisotopic (exact) mass is 222 g/mol. The number of ketones is 1. The van der Waals surface area contributed by atoms with Gasteiger partial charge in [-0.1, -0.05) is 20.8 Å². The Kier molecular flexibility index (Phi) is 1.52. The smallest absolute Gasteiger partial charge is 0.313 e. The Bertz CT molecular complexity index is 411. The number of hydrogen-bond acceptors (Lipinski definition) is 3. The normalized spacial score (nSPS) is 51.4. The molecule has 0 aromatic heterocycles. The van der Waals surface area contributed by atoms with Crippen molar-refractivity contribution in [3.05, 3.63) is 0 Å². The molecule has 0 amide bonds. The first-order valence-corrected chi connectivity index (χ1v) is 5.93. The van der Waals surface area contributed by atoms with Crippen molar-refractivity contribution in [3.8, 4) is 0 Å². The lowest BCUT2D eigenvalue weighted by molar-refractivity contribution is -0.151. The number of ether oxygens (including phenoxy) is 1. The van der Waals surface area contributed by atoms with Crippen LogP contribution in [0.4, 0.5) is 0 Å². The van der Waals surface area contributed by atoms with Crippen molar-refractivity contribution in [2.24, 2.45) is 28.1 Å². The molecule has 4 rings (SSSR count). The van der Waals surface area contributed by atoms with E-state index in [-0.39, 0.29) is 28.6 Å². The number of methoxy groups -OCH3 is 1. The predicted molar refractivity (Wildman–Crippen MR) is 57.6 cm³/mol. The Morgan fingerprint density at radius 1 is 1.38 bits per heavy atom. The lowest BCUT2D eigenvalue weighted by Gasteiger charge is -2.43. The summed E-state index contributed by atoms with van der Waals surface area (Å²) < 4.78 is 4.92. The number of Topliss-reactive ketones (excluding diaryl/α,β-unsaturated/α-hetero) is 1. The van der Waals surface area contributed by atoms with Gasteiger partial charge in [0.1, 0.15) is 5.78 Å². The van der Waals surface area contributed by atoms with Gasteiger partial charge in [0.05, 0.1) is 12.5 Å². The van der Waals surface area contributed by atoms with Crippen molar-refractivity contribution in [1.29, 1.82) is 0 Å². The van der Waals surface area contributed by atoms with E-state index < -0.39 is 5.41 Å². The van der Waals surface area contributed by atoms with Gasteiger partial charge in [0, 0.05) is 11.8 Å². The van der Waals surface area contributed by atoms with Crippen LogP contribution in [0.25, 0.3) is 0 Å². The van der Waals surface area contributed by atoms with Crippen molar-refractivity contribution >= 4 is 11.8 Å². The number of carbonyl (C=O) groups excluding carboxylic acids is 2. The van der Waals surface area contributed by atoms with Crippen molar-refractivity contribution in [2.45, 2.75) is 33.6 Å². The molecule has 3 heteroatoms. The quantitative estimate of drug-likeness (QED) is 0.635. The van der Waals surface area contributed by atoms with Gasteiger partial charge in [0.25, 0.3) is 0 Å². The molecule has 0 spiro atoms. The minimum Gasteiger partial charge on any atom is -0.469 e. The van der Waals surface area contributed by atoms with Crippen LogP contribution >= 0.6 is 0 Å². The molecule has 0 radical (unpaired) electrons. The summed E-state index contributed by atoms with van der Waals surface area (Å²) in [5, 5.41) is 0. The number of esters is 1. The van der Waals surface area contributed by atoms with Gasteiger partial charge in [0.15, 0.2) is 0 Å². The summed E-state index contributed by atoms with van der Waals surface area (Å²) in [4.78, 5) is 24.2. The first-order valence-electron chi connectivity index (χ1n) is 5.93. The van der Waals surface area contributed by atoms with Crippen LogP contribution in [0, 0.1) is 28.1 Å². The van der Waals surface area contributed by atoms with Gasteiger partial charge in [-0.05, 0) is 23.7 Å². The van der Waals surface area contributed by atoms with Crippen molar-refractivity contribution in [3.63, 3.8) is 0 Å². The molecule has 0 N–H and O–H groups in total. The minimum absolute atomic E-state index is 0.0505. The Morgan fingerprint density at radius 3 is 2.50 bits per heavy atom. The molecule has 88 valence electrons. The molecule has 0 aliphatic heterocycles. The zero-order chi connectivity index (χ0) is 11.9. The first-order chi connectivity index (χ1) is 7.31. The Hall–Kier alpha value is -0.860. The van der Waals surface area contributed by atoms with E-state index in [2.05, 4.69) is 20.8 Å². The fourth-order valence-corrected chi connectivity index (χ4v) is 4.90. The summed E-state index contributed by atoms with van der Waals surface area (Å²) in [7, 11) is 1.43. The second-order valence-corrected chi connectivity index (χ2v) is 6.64. The highest BCUT2D eigenvalue weighted by Gasteiger charge is 2.89. The average molecular weight is 222 g/mol. The van der Waals surface area contributed by atoms with Crippen molar-refractivity contribution < 1.29 is 14.3 Å². The third-order valence-electron chi connectivity index (χ3n) is 5.54. The number of fused-ring (bicyclic) bond motifs is 1. The van der Waals surface area contributed by atoms with E-state index in [4.69, 9.17) is 4.74 Å². The molecule has 3 nitrogen and oxygen atoms in total. The zero-order valence-corrected chi connectivity index (χ0v) is 10.3. The molecule has 0 unspecified atom stereocenters. The van der Waals surface area contributed by atoms with Crippen molar-refractivity contribution in [1.82, 2.24) is 0 Å². The van der Waals surface area contributed by atoms with Crippen LogP contribution in [-0.2, 0) is 14.3 Å². The predicted octanol–water partition coefficient (Wildman–Crippen LogP) is 1.80. The summed E-state index contributed by atoms with van der Waals surface area (Å²) in [6, 6.07) is 0. The molecule has 0 aromatic rings. The van der Waals surface area contributed by atoms with E-state index in [1.54, 1.807) is 0 Å². The minimum atomic E-state index is -0.459. The second kappa shape index (κ2) is 2.36. The summed E-state index contributed by atoms with van der Waals surface area (Å²) in [5.41, 5.74) is -0.537. The van der Waals surface area contributed by atoms with Gasteiger partial charge in [-0.25, -0.2) is 0 Å². The third kappa shape index (κ3) is 0.740. The standard InChI is InChI=1S/C13H18O3/c1-11(2)6-12(3)9-8(14)7(11)5-13(9,12)10(15)16-4/h7,9H,5-6H2,1-4H3/t7-,9+,12-,13+/m1/s1. The molecule has 4 bridgehead atoms. The maximum absolute atomic E-state index is 12.2. The van der Waals surface area contributed by atoms with Crippen LogP contribution in [0.5, 0.6) is 0 Å². The molecule has 16 heavy (non-hydrogen) atoms. The van der Waals surface area contributed by atoms with Gasteiger partial charge in [-0.2, -0.15) is 0 Å². The van der Waals surface area contributed by atoms with Gasteiger partial charge in [-0.15, -0.1) is 0 Å². The van der Waals surface area contributed by atoms with E-state index in [0.29, 0.717) is 12.2 Å². The van der Waals surface area contributed by atoms with Crippen LogP contribution in [0.3, 0.4) is 0 Å². The Labute approximate surface area is 95.5 Å². The number of carbonyl (C=O) groups is 2. The molecule has 4 aliphatic rings. The molecule has 0 aromatic carbocycles. The maximum Gasteiger partial charge on any atom is 0.313 e. The molecule has 0 heterocycles. The summed E-state index contributed by atoms with van der Waals surface area (Å²) in [6.45, 7) is 6.39. The molecule has 4 aliphatic carbocycles. The zero-order valence-electron chi connectivity index (χ0n) is 10.3.